The lowest BCUT2D eigenvalue weighted by molar-refractivity contribution is 0.0943. The number of nitrogens with one attached hydrogen (secondary N) is 4. The molecule has 0 fully saturated rings. The van der Waals surface area contributed by atoms with Gasteiger partial charge in [0.15, 0.2) is 34.5 Å². The maximum atomic E-state index is 14.1. The summed E-state index contributed by atoms with van der Waals surface area (Å²) in [6.45, 7) is 1.83. The zero-order chi connectivity index (χ0) is 103. The summed E-state index contributed by atoms with van der Waals surface area (Å²) in [5.74, 6) is -8.88. The number of amides is 4. The van der Waals surface area contributed by atoms with Crippen LogP contribution in [0.15, 0.2) is 67.1 Å². The third-order valence-corrected chi connectivity index (χ3v) is 26.5. The summed E-state index contributed by atoms with van der Waals surface area (Å²) in [7, 11) is -35.0. The summed E-state index contributed by atoms with van der Waals surface area (Å²) in [5.41, 5.74) is 3.47. The number of nitrogens with zero attached hydrogens (tertiary/aromatic N) is 9. The summed E-state index contributed by atoms with van der Waals surface area (Å²) in [6, 6.07) is 11.2. The number of rotatable bonds is 73. The fourth-order valence-electron chi connectivity index (χ4n) is 13.4. The lowest BCUT2D eigenvalue weighted by atomic mass is 9.88. The van der Waals surface area contributed by atoms with Gasteiger partial charge in [0.05, 0.1) is 104 Å². The van der Waals surface area contributed by atoms with E-state index in [0.717, 1.165) is 42.4 Å². The highest BCUT2D eigenvalue weighted by Crippen LogP contribution is 2.43. The van der Waals surface area contributed by atoms with Crippen LogP contribution in [0.25, 0.3) is 0 Å². The molecule has 4 amide bonds. The Bertz CT molecular complexity index is 6130. The molecule has 50 nitrogen and oxygen atoms in total. The normalized spacial score (nSPS) is 12.2. The Labute approximate surface area is 812 Å². The van der Waals surface area contributed by atoms with E-state index in [1.54, 1.807) is 18.3 Å². The highest BCUT2D eigenvalue weighted by Gasteiger charge is 2.27. The molecule has 0 saturated carbocycles. The van der Waals surface area contributed by atoms with Crippen LogP contribution >= 0.6 is 0 Å². The SMILES string of the molecule is CCCCCc1cc(C(=O)NCCCn2cc(COc3c(OCc4cn(CCCNC(=O)c5cc(OCCCCS(=O)(=O)O)c(OCCCS(=O)(=O)O)c(OCCCS(=O)(=O)O)c5)nn4)cc(C(=O)NCCCC)cc3OCc3cn(CCCNC(=O)c4cc(OCCCS(=O)(=O)O)c(OCCCS(=O)(=O)O)c(OCCCS(=O)(=O)O)c4)nn3)nn2)cc(CCCCS(=O)(=O)O)c1CCCCS(=O)(=O)O. The maximum absolute atomic E-state index is 14.1. The Hall–Kier alpha value is -10.3. The van der Waals surface area contributed by atoms with Crippen LogP contribution in [0.1, 0.15) is 211 Å². The van der Waals surface area contributed by atoms with Crippen molar-refractivity contribution in [1.29, 1.82) is 0 Å². The number of unbranched alkanes of at least 4 members (excludes halogenated alkanes) is 6. The van der Waals surface area contributed by atoms with Gasteiger partial charge in [0.1, 0.15) is 36.9 Å². The highest BCUT2D eigenvalue weighted by atomic mass is 32.2. The van der Waals surface area contributed by atoms with Gasteiger partial charge in [-0.05, 0) is 187 Å². The van der Waals surface area contributed by atoms with Crippen molar-refractivity contribution < 1.29 is 166 Å². The van der Waals surface area contributed by atoms with Gasteiger partial charge in [-0.15, -0.1) is 15.3 Å². The van der Waals surface area contributed by atoms with E-state index in [-0.39, 0.29) is 261 Å². The molecule has 7 aromatic rings. The molecule has 140 heavy (non-hydrogen) atoms. The average Bonchev–Trinajstić information content (AvgIpc) is 1.43. The molecule has 0 atom stereocenters. The Kier molecular flexibility index (Phi) is 47.6. The quantitative estimate of drug-likeness (QED) is 0.0161. The number of aryl methyl sites for hydroxylation is 5. The van der Waals surface area contributed by atoms with E-state index in [1.807, 2.05) is 13.8 Å². The van der Waals surface area contributed by atoms with Crippen LogP contribution < -0.4 is 63.9 Å². The minimum atomic E-state index is -4.45. The van der Waals surface area contributed by atoms with E-state index >= 15 is 0 Å². The molecule has 0 spiro atoms. The second-order valence-electron chi connectivity index (χ2n) is 32.1. The molecule has 784 valence electrons. The molecule has 58 heteroatoms. The van der Waals surface area contributed by atoms with Crippen molar-refractivity contribution in [3.05, 3.63) is 123 Å². The first-order chi connectivity index (χ1) is 66.0. The molecule has 0 bridgehead atoms. The first-order valence-electron chi connectivity index (χ1n) is 44.7. The van der Waals surface area contributed by atoms with Gasteiger partial charge >= 0.3 is 0 Å². The number of hydrogen-bond acceptors (Lipinski definition) is 35. The van der Waals surface area contributed by atoms with E-state index in [4.69, 9.17) is 42.6 Å². The van der Waals surface area contributed by atoms with Gasteiger partial charge in [-0.1, -0.05) is 48.8 Å². The Morgan fingerprint density at radius 3 is 0.829 bits per heavy atom. The smallest absolute Gasteiger partial charge is 0.264 e. The minimum absolute atomic E-state index is 0.00861. The van der Waals surface area contributed by atoms with Gasteiger partial charge in [-0.2, -0.15) is 67.3 Å². The summed E-state index contributed by atoms with van der Waals surface area (Å²) in [5, 5.41) is 37.0. The third-order valence-electron chi connectivity index (χ3n) is 20.1. The van der Waals surface area contributed by atoms with Crippen LogP contribution in [0, 0.1) is 0 Å². The standard InChI is InChI=1S/C82H121N13O37S8/c1-3-5-7-22-60-46-62(47-61(23-8-11-38-133(100,101)102)69(60)24-9-12-39-134(103,104)105)79(96)84-26-14-31-95-56-68(89-92-95)59-132-78-74(130-57-66-54-93(90-87-66)29-15-27-85-81(98)63-48-70(124-32-10-13-40-135(106,107)108)76(128-36-20-44-139(118,119)120)71(49-63)125-33-17-41-136(109,110)111)52-65(80(97)83-25-6-4-2)53-75(78)131-58-67-55-94(91-88-67)30-16-28-86-82(99)64-50-72(126-34-18-42-137(112,113)114)77(129-37-21-45-140(121,122)123)73(51-64)127-35-19-43-138(115,116)117/h46-56H,3-45,57-59H2,1-2H3,(H,83,97)(H,84,96)(H,85,98)(H,86,99)(H,100,101,102)(H,103,104,105)(H,106,107,108)(H,109,110,111)(H,112,113,114)(H,115,116,117)(H,118,119,120)(H,121,122,123). The highest BCUT2D eigenvalue weighted by molar-refractivity contribution is 7.87. The summed E-state index contributed by atoms with van der Waals surface area (Å²) in [6.07, 6.45) is 10.5. The minimum Gasteiger partial charge on any atom is -0.490 e. The first-order valence-corrected chi connectivity index (χ1v) is 57.6. The molecular formula is C82H121N13O37S8. The molecule has 3 aromatic heterocycles. The van der Waals surface area contributed by atoms with Crippen molar-refractivity contribution >= 4 is 105 Å². The average molecular weight is 2140 g/mol. The van der Waals surface area contributed by atoms with Crippen LogP contribution in [0.2, 0.25) is 0 Å². The van der Waals surface area contributed by atoms with Gasteiger partial charge in [0, 0.05) is 68.1 Å². The summed E-state index contributed by atoms with van der Waals surface area (Å²) in [4.78, 5) is 56.0. The van der Waals surface area contributed by atoms with Crippen molar-refractivity contribution in [3.63, 3.8) is 0 Å². The van der Waals surface area contributed by atoms with Crippen molar-refractivity contribution in [2.24, 2.45) is 0 Å². The molecule has 0 aliphatic heterocycles. The number of hydrogen-bond donors (Lipinski definition) is 12. The van der Waals surface area contributed by atoms with Crippen molar-refractivity contribution in [2.45, 2.75) is 195 Å². The number of carbonyl (C=O) groups excluding carboxylic acids is 4. The topological polar surface area (TPSA) is 727 Å². The molecule has 12 N–H and O–H groups in total. The van der Waals surface area contributed by atoms with Gasteiger partial charge < -0.3 is 63.9 Å². The monoisotopic (exact) mass is 2140 g/mol. The molecule has 0 unspecified atom stereocenters. The van der Waals surface area contributed by atoms with E-state index in [9.17, 15) is 123 Å². The predicted octanol–water partition coefficient (Wildman–Crippen LogP) is 5.67. The lowest BCUT2D eigenvalue weighted by Gasteiger charge is -2.19. The van der Waals surface area contributed by atoms with Gasteiger partial charge in [-0.25, -0.2) is 0 Å². The van der Waals surface area contributed by atoms with Crippen LogP contribution in [-0.2, 0) is 140 Å². The molecule has 0 saturated heterocycles. The van der Waals surface area contributed by atoms with Crippen LogP contribution in [0.3, 0.4) is 0 Å². The van der Waals surface area contributed by atoms with Crippen LogP contribution in [0.5, 0.6) is 51.7 Å². The first kappa shape index (κ1) is 117. The number of carbonyl (C=O) groups is 4. The molecule has 4 aromatic carbocycles. The van der Waals surface area contributed by atoms with Crippen molar-refractivity contribution in [1.82, 2.24) is 66.2 Å². The van der Waals surface area contributed by atoms with E-state index in [0.29, 0.717) is 50.5 Å². The fourth-order valence-corrected chi connectivity index (χ4v) is 17.5. The van der Waals surface area contributed by atoms with E-state index < -0.39 is 151 Å². The van der Waals surface area contributed by atoms with Crippen LogP contribution in [0.4, 0.5) is 0 Å². The third kappa shape index (κ3) is 47.5. The Morgan fingerprint density at radius 2 is 0.521 bits per heavy atom. The van der Waals surface area contributed by atoms with Crippen LogP contribution in [-0.4, -0.2) is 284 Å². The number of aromatic nitrogens is 9. The maximum Gasteiger partial charge on any atom is 0.264 e. The predicted molar refractivity (Wildman–Crippen MR) is 503 cm³/mol. The van der Waals surface area contributed by atoms with E-state index in [2.05, 4.69) is 52.2 Å². The zero-order valence-corrected chi connectivity index (χ0v) is 83.6. The molecular weight excluding hydrogens is 2020 g/mol. The molecule has 7 rings (SSSR count). The zero-order valence-electron chi connectivity index (χ0n) is 77.1. The van der Waals surface area contributed by atoms with Gasteiger partial charge in [0.25, 0.3) is 105 Å². The summed E-state index contributed by atoms with van der Waals surface area (Å²) >= 11 is 0. The van der Waals surface area contributed by atoms with Gasteiger partial charge in [-0.3, -0.25) is 69.6 Å². The molecule has 0 radical (unpaired) electrons. The molecule has 0 aliphatic carbocycles. The molecule has 3 heterocycles. The number of ether oxygens (including phenoxy) is 9. The van der Waals surface area contributed by atoms with E-state index in [1.165, 1.54) is 62.8 Å². The Balaban J connectivity index is 1.12. The van der Waals surface area contributed by atoms with Crippen molar-refractivity contribution in [3.8, 4) is 51.7 Å². The largest absolute Gasteiger partial charge is 0.490 e. The van der Waals surface area contributed by atoms with Gasteiger partial charge in [0.2, 0.25) is 17.2 Å². The summed E-state index contributed by atoms with van der Waals surface area (Å²) < 4.78 is 318. The molecule has 0 aliphatic rings. The second-order valence-corrected chi connectivity index (χ2v) is 44.7. The fraction of sp³-hybridized carbons (Fsp3) is 0.585. The number of benzene rings is 4. The van der Waals surface area contributed by atoms with Crippen molar-refractivity contribution in [2.75, 3.05) is 112 Å². The lowest BCUT2D eigenvalue weighted by Crippen LogP contribution is -2.26. The Morgan fingerprint density at radius 1 is 0.279 bits per heavy atom. The second kappa shape index (κ2) is 57.1.